The summed E-state index contributed by atoms with van der Waals surface area (Å²) in [6.07, 6.45) is 0. The van der Waals surface area contributed by atoms with Crippen LogP contribution in [0.25, 0.3) is 0 Å². The molecule has 0 aliphatic carbocycles. The lowest BCUT2D eigenvalue weighted by molar-refractivity contribution is -0.419. The molecule has 0 atom stereocenters. The van der Waals surface area contributed by atoms with Crippen LogP contribution >= 0.6 is 0 Å². The minimum atomic E-state index is -8.29. The van der Waals surface area contributed by atoms with Gasteiger partial charge < -0.3 is 9.47 Å². The summed E-state index contributed by atoms with van der Waals surface area (Å²) < 4.78 is 236. The van der Waals surface area contributed by atoms with Crippen molar-refractivity contribution >= 4 is 20.0 Å². The third kappa shape index (κ3) is 5.96. The minimum Gasteiger partial charge on any atom is -0.497 e. The van der Waals surface area contributed by atoms with Gasteiger partial charge in [-0.2, -0.15) is 61.1 Å². The molecule has 47 heavy (non-hydrogen) atoms. The molecule has 7 nitrogen and oxygen atoms in total. The van der Waals surface area contributed by atoms with Crippen molar-refractivity contribution < 1.29 is 83.5 Å². The summed E-state index contributed by atoms with van der Waals surface area (Å²) in [6, 6.07) is 10.2. The van der Waals surface area contributed by atoms with Gasteiger partial charge in [-0.05, 0) is 73.2 Å². The van der Waals surface area contributed by atoms with E-state index in [1.165, 1.54) is 31.4 Å². The van der Waals surface area contributed by atoms with E-state index >= 15 is 8.78 Å². The Morgan fingerprint density at radius 3 is 1.43 bits per heavy atom. The second-order valence-electron chi connectivity index (χ2n) is 9.59. The van der Waals surface area contributed by atoms with E-state index in [4.69, 9.17) is 14.0 Å². The Kier molecular flexibility index (Phi) is 9.44. The number of alkyl halides is 12. The Labute approximate surface area is 257 Å². The average Bonchev–Trinajstić information content (AvgIpc) is 2.96. The summed E-state index contributed by atoms with van der Waals surface area (Å²) in [4.78, 5) is -2.05. The van der Waals surface area contributed by atoms with Crippen molar-refractivity contribution in [2.45, 2.75) is 51.6 Å². The van der Waals surface area contributed by atoms with Crippen molar-refractivity contribution in [2.75, 3.05) is 7.11 Å². The van der Waals surface area contributed by atoms with Gasteiger partial charge in [-0.3, -0.25) is 4.55 Å². The van der Waals surface area contributed by atoms with Crippen LogP contribution in [0.5, 0.6) is 17.2 Å². The van der Waals surface area contributed by atoms with Gasteiger partial charge in [-0.25, -0.2) is 8.42 Å². The molecular weight excluding hydrogens is 716 g/mol. The molecule has 0 saturated carbocycles. The van der Waals surface area contributed by atoms with Crippen molar-refractivity contribution in [3.8, 4) is 17.2 Å². The van der Waals surface area contributed by atoms with E-state index in [9.17, 15) is 60.7 Å². The second-order valence-corrected chi connectivity index (χ2v) is 13.0. The molecule has 0 heterocycles. The first-order valence-electron chi connectivity index (χ1n) is 12.1. The number of hydrogen-bond donors (Lipinski definition) is 1. The normalized spacial score (nSPS) is 14.2. The molecule has 1 N–H and O–H groups in total. The number of ether oxygens (including phenoxy) is 2. The van der Waals surface area contributed by atoms with Gasteiger partial charge in [-0.1, -0.05) is 6.07 Å². The fourth-order valence-corrected chi connectivity index (χ4v) is 5.55. The predicted molar refractivity (Wildman–Crippen MR) is 136 cm³/mol. The number of sulfone groups is 1. The molecular formula is C26H18F12O7S2. The van der Waals surface area contributed by atoms with E-state index in [2.05, 4.69) is 0 Å². The number of methoxy groups -OCH3 is 1. The summed E-state index contributed by atoms with van der Waals surface area (Å²) in [5.74, 6) is -38.3. The SMILES string of the molecule is COc1ccc(Oc2ccc(S(=O)(=O)c3ccc(C)c(C(F)(F)C(F)(F)C(F)(F)C(F)(F)C(F)(F)C(F)(F)S(=O)(=O)O)c3)cc2)cc1. The van der Waals surface area contributed by atoms with Crippen LogP contribution in [-0.4, -0.2) is 57.4 Å². The van der Waals surface area contributed by atoms with Gasteiger partial charge in [0, 0.05) is 5.56 Å². The fraction of sp³-hybridized carbons (Fsp3) is 0.308. The van der Waals surface area contributed by atoms with Crippen LogP contribution < -0.4 is 9.47 Å². The van der Waals surface area contributed by atoms with Gasteiger partial charge in [0.1, 0.15) is 17.2 Å². The molecule has 0 aliphatic rings. The largest absolute Gasteiger partial charge is 0.497 e. The predicted octanol–water partition coefficient (Wildman–Crippen LogP) is 7.74. The van der Waals surface area contributed by atoms with Crippen molar-refractivity contribution in [1.29, 1.82) is 0 Å². The summed E-state index contributed by atoms with van der Waals surface area (Å²) in [5.41, 5.74) is -3.63. The van der Waals surface area contributed by atoms with Gasteiger partial charge in [-0.15, -0.1) is 0 Å². The number of aryl methyl sites for hydroxylation is 1. The highest BCUT2D eigenvalue weighted by Crippen LogP contribution is 2.62. The summed E-state index contributed by atoms with van der Waals surface area (Å²) in [7, 11) is -11.3. The van der Waals surface area contributed by atoms with E-state index in [-0.39, 0.29) is 17.6 Å². The summed E-state index contributed by atoms with van der Waals surface area (Å²) >= 11 is 0. The van der Waals surface area contributed by atoms with Gasteiger partial charge in [0.25, 0.3) is 0 Å². The topological polar surface area (TPSA) is 107 Å². The van der Waals surface area contributed by atoms with E-state index in [1.807, 2.05) is 0 Å². The van der Waals surface area contributed by atoms with Crippen molar-refractivity contribution in [1.82, 2.24) is 0 Å². The van der Waals surface area contributed by atoms with Crippen LogP contribution in [0.2, 0.25) is 0 Å². The van der Waals surface area contributed by atoms with E-state index < -0.39 is 75.7 Å². The quantitative estimate of drug-likeness (QED) is 0.150. The first-order valence-corrected chi connectivity index (χ1v) is 15.1. The molecule has 21 heteroatoms. The Morgan fingerprint density at radius 1 is 0.574 bits per heavy atom. The van der Waals surface area contributed by atoms with Crippen LogP contribution in [0.15, 0.2) is 76.5 Å². The molecule has 0 saturated heterocycles. The highest BCUT2D eigenvalue weighted by atomic mass is 32.2. The third-order valence-corrected chi connectivity index (χ3v) is 9.23. The summed E-state index contributed by atoms with van der Waals surface area (Å²) in [6.45, 7) is 0.471. The molecule has 0 aliphatic heterocycles. The molecule has 0 aromatic heterocycles. The zero-order valence-electron chi connectivity index (χ0n) is 23.1. The molecule has 0 unspecified atom stereocenters. The smallest absolute Gasteiger partial charge is 0.438 e. The molecule has 3 rings (SSSR count). The maximum absolute atomic E-state index is 15.0. The van der Waals surface area contributed by atoms with Crippen LogP contribution in [0.1, 0.15) is 11.1 Å². The molecule has 0 fully saturated rings. The minimum absolute atomic E-state index is 0.0180. The Balaban J connectivity index is 2.04. The first kappa shape index (κ1) is 37.7. The zero-order valence-corrected chi connectivity index (χ0v) is 24.7. The number of rotatable bonds is 12. The van der Waals surface area contributed by atoms with Crippen molar-refractivity contribution in [3.63, 3.8) is 0 Å². The first-order chi connectivity index (χ1) is 21.1. The lowest BCUT2D eigenvalue weighted by Gasteiger charge is -2.40. The number of halogens is 12. The van der Waals surface area contributed by atoms with E-state index in [0.29, 0.717) is 24.8 Å². The number of hydrogen-bond acceptors (Lipinski definition) is 6. The van der Waals surface area contributed by atoms with E-state index in [1.54, 1.807) is 0 Å². The maximum Gasteiger partial charge on any atom is 0.438 e. The Morgan fingerprint density at radius 2 is 0.979 bits per heavy atom. The van der Waals surface area contributed by atoms with Crippen LogP contribution in [0.3, 0.4) is 0 Å². The second kappa shape index (κ2) is 11.8. The standard InChI is InChI=1S/C26H18F12O7S2/c1-14-3-10-19(46(39,40)18-11-8-17(9-12-18)45-16-6-4-15(44-2)5-7-16)13-20(14)21(27,28)22(29,30)23(31,32)24(33,34)25(35,36)26(37,38)47(41,42)43/h3-13H,1-2H3,(H,41,42,43). The van der Waals surface area contributed by atoms with Crippen molar-refractivity contribution in [2.24, 2.45) is 0 Å². The van der Waals surface area contributed by atoms with Crippen LogP contribution in [0, 0.1) is 6.92 Å². The number of benzene rings is 3. The van der Waals surface area contributed by atoms with Gasteiger partial charge in [0.05, 0.1) is 16.9 Å². The Bertz CT molecular complexity index is 1850. The molecule has 3 aromatic carbocycles. The highest BCUT2D eigenvalue weighted by Gasteiger charge is 2.92. The molecule has 0 amide bonds. The molecule has 3 aromatic rings. The van der Waals surface area contributed by atoms with Crippen LogP contribution in [-0.2, 0) is 25.9 Å². The highest BCUT2D eigenvalue weighted by molar-refractivity contribution is 7.91. The van der Waals surface area contributed by atoms with Gasteiger partial charge in [0.15, 0.2) is 0 Å². The fourth-order valence-electron chi connectivity index (χ4n) is 3.81. The van der Waals surface area contributed by atoms with Crippen molar-refractivity contribution in [3.05, 3.63) is 77.9 Å². The molecule has 0 radical (unpaired) electrons. The molecule has 260 valence electrons. The Hall–Kier alpha value is -3.72. The monoisotopic (exact) mass is 734 g/mol. The lowest BCUT2D eigenvalue weighted by atomic mass is 9.89. The van der Waals surface area contributed by atoms with Gasteiger partial charge in [0.2, 0.25) is 9.84 Å². The zero-order chi connectivity index (χ0) is 36.2. The maximum atomic E-state index is 15.0. The lowest BCUT2D eigenvalue weighted by Crippen LogP contribution is -2.71. The van der Waals surface area contributed by atoms with E-state index in [0.717, 1.165) is 24.3 Å². The molecule has 0 bridgehead atoms. The van der Waals surface area contributed by atoms with Gasteiger partial charge >= 0.3 is 45.0 Å². The van der Waals surface area contributed by atoms with Crippen LogP contribution in [0.4, 0.5) is 52.7 Å². The summed E-state index contributed by atoms with van der Waals surface area (Å²) in [5, 5.41) is -7.59. The molecule has 0 spiro atoms. The average molecular weight is 735 g/mol. The third-order valence-electron chi connectivity index (χ3n) is 6.55.